The van der Waals surface area contributed by atoms with E-state index in [1.165, 1.54) is 51.7 Å². The van der Waals surface area contributed by atoms with Gasteiger partial charge in [-0.15, -0.1) is 0 Å². The molecule has 0 bridgehead atoms. The van der Waals surface area contributed by atoms with Gasteiger partial charge in [-0.05, 0) is 112 Å². The molecule has 238 valence electrons. The van der Waals surface area contributed by atoms with Crippen molar-refractivity contribution in [1.29, 1.82) is 0 Å². The number of rotatable bonds is 6. The molecule has 4 heteroatoms. The average molecular weight is 649 g/mol. The van der Waals surface area contributed by atoms with Gasteiger partial charge in [0, 0.05) is 33.5 Å². The Hall–Kier alpha value is -6.52. The fraction of sp³-hybridized carbons (Fsp3) is 0. The van der Waals surface area contributed by atoms with Crippen LogP contribution in [0.5, 0.6) is 0 Å². The summed E-state index contributed by atoms with van der Waals surface area (Å²) < 4.78 is 30.9. The molecule has 0 aliphatic rings. The van der Waals surface area contributed by atoms with Crippen molar-refractivity contribution in [2.24, 2.45) is 0 Å². The fourth-order valence-electron chi connectivity index (χ4n) is 7.27. The number of fused-ring (bicyclic) bond motifs is 4. The topological polar surface area (TPSA) is 8.17 Å². The summed E-state index contributed by atoms with van der Waals surface area (Å²) >= 11 is 0. The van der Waals surface area contributed by atoms with Crippen molar-refractivity contribution in [3.63, 3.8) is 0 Å². The van der Waals surface area contributed by atoms with Gasteiger partial charge in [0.1, 0.15) is 11.6 Å². The van der Waals surface area contributed by atoms with Crippen LogP contribution in [0.15, 0.2) is 182 Å². The summed E-state index contributed by atoms with van der Waals surface area (Å²) in [7, 11) is 0. The highest BCUT2D eigenvalue weighted by Gasteiger charge is 2.18. The first-order valence-corrected chi connectivity index (χ1v) is 16.6. The molecule has 8 aromatic carbocycles. The van der Waals surface area contributed by atoms with Crippen LogP contribution in [0.3, 0.4) is 0 Å². The number of benzene rings is 8. The molecule has 0 saturated carbocycles. The predicted octanol–water partition coefficient (Wildman–Crippen LogP) is 13.0. The van der Waals surface area contributed by atoms with E-state index in [1.54, 1.807) is 12.1 Å². The maximum atomic E-state index is 14.4. The molecule has 0 N–H and O–H groups in total. The highest BCUT2D eigenvalue weighted by atomic mass is 19.1. The van der Waals surface area contributed by atoms with E-state index < -0.39 is 0 Å². The number of hydrogen-bond acceptors (Lipinski definition) is 1. The molecule has 1 heterocycles. The molecule has 9 rings (SSSR count). The van der Waals surface area contributed by atoms with Crippen LogP contribution in [0.1, 0.15) is 0 Å². The Morgan fingerprint density at radius 1 is 0.400 bits per heavy atom. The lowest BCUT2D eigenvalue weighted by atomic mass is 9.91. The molecular formula is C46H30F2N2. The number of hydrogen-bond donors (Lipinski definition) is 0. The second-order valence-corrected chi connectivity index (χ2v) is 12.5. The number of halogens is 2. The third kappa shape index (κ3) is 5.10. The average Bonchev–Trinajstić information content (AvgIpc) is 3.48. The zero-order chi connectivity index (χ0) is 33.6. The van der Waals surface area contributed by atoms with E-state index in [2.05, 4.69) is 119 Å². The molecule has 0 aliphatic heterocycles. The van der Waals surface area contributed by atoms with E-state index in [4.69, 9.17) is 0 Å². The van der Waals surface area contributed by atoms with Gasteiger partial charge in [0.15, 0.2) is 0 Å². The number of aromatic nitrogens is 1. The molecular weight excluding hydrogens is 619 g/mol. The lowest BCUT2D eigenvalue weighted by Crippen LogP contribution is -2.10. The molecule has 0 radical (unpaired) electrons. The van der Waals surface area contributed by atoms with Crippen molar-refractivity contribution < 1.29 is 8.78 Å². The summed E-state index contributed by atoms with van der Waals surface area (Å²) in [6.07, 6.45) is 0. The molecule has 50 heavy (non-hydrogen) atoms. The van der Waals surface area contributed by atoms with Gasteiger partial charge in [-0.25, -0.2) is 8.78 Å². The molecule has 0 unspecified atom stereocenters. The zero-order valence-corrected chi connectivity index (χ0v) is 27.0. The fourth-order valence-corrected chi connectivity index (χ4v) is 7.27. The highest BCUT2D eigenvalue weighted by molar-refractivity contribution is 6.09. The Morgan fingerprint density at radius 3 is 1.54 bits per heavy atom. The standard InChI is InChI=1S/C46H30F2N2/c47-34-22-26-44-42(28-34)43-29-35(48)23-27-45(43)50(44)39-17-9-16-38(30-39)49(36-14-5-2-6-15-36)37-24-20-32(21-25-37)41-19-8-13-33-12-7-18-40(46(33)41)31-10-3-1-4-11-31/h1-30H. The smallest absolute Gasteiger partial charge is 0.123 e. The van der Waals surface area contributed by atoms with E-state index in [1.807, 2.05) is 36.4 Å². The summed E-state index contributed by atoms with van der Waals surface area (Å²) in [5, 5.41) is 3.77. The second kappa shape index (κ2) is 12.2. The molecule has 9 aromatic rings. The van der Waals surface area contributed by atoms with Crippen LogP contribution in [-0.2, 0) is 0 Å². The Bertz CT molecular complexity index is 2600. The molecule has 0 saturated heterocycles. The SMILES string of the molecule is Fc1ccc2c(c1)c1cc(F)ccc1n2-c1cccc(N(c2ccccc2)c2ccc(-c3cccc4cccc(-c5ccccc5)c34)cc2)c1. The lowest BCUT2D eigenvalue weighted by molar-refractivity contribution is 0.628. The van der Waals surface area contributed by atoms with Crippen LogP contribution in [0.2, 0.25) is 0 Å². The van der Waals surface area contributed by atoms with Crippen molar-refractivity contribution in [3.8, 4) is 27.9 Å². The van der Waals surface area contributed by atoms with Gasteiger partial charge in [0.2, 0.25) is 0 Å². The first-order valence-electron chi connectivity index (χ1n) is 16.6. The van der Waals surface area contributed by atoms with Crippen LogP contribution in [0.4, 0.5) is 25.8 Å². The van der Waals surface area contributed by atoms with Gasteiger partial charge < -0.3 is 9.47 Å². The summed E-state index contributed by atoms with van der Waals surface area (Å²) in [5.41, 5.74) is 10.2. The normalized spacial score (nSPS) is 11.4. The summed E-state index contributed by atoms with van der Waals surface area (Å²) in [6.45, 7) is 0. The Labute approximate surface area is 288 Å². The summed E-state index contributed by atoms with van der Waals surface area (Å²) in [4.78, 5) is 2.24. The van der Waals surface area contributed by atoms with E-state index in [0.717, 1.165) is 39.3 Å². The van der Waals surface area contributed by atoms with Crippen molar-refractivity contribution in [2.75, 3.05) is 4.90 Å². The number of nitrogens with zero attached hydrogens (tertiary/aromatic N) is 2. The van der Waals surface area contributed by atoms with Gasteiger partial charge in [-0.1, -0.05) is 103 Å². The maximum absolute atomic E-state index is 14.4. The minimum absolute atomic E-state index is 0.354. The highest BCUT2D eigenvalue weighted by Crippen LogP contribution is 2.41. The van der Waals surface area contributed by atoms with Crippen LogP contribution in [-0.4, -0.2) is 4.57 Å². The van der Waals surface area contributed by atoms with Crippen LogP contribution in [0.25, 0.3) is 60.5 Å². The van der Waals surface area contributed by atoms with Crippen molar-refractivity contribution in [3.05, 3.63) is 194 Å². The minimum Gasteiger partial charge on any atom is -0.310 e. The predicted molar refractivity (Wildman–Crippen MR) is 204 cm³/mol. The Morgan fingerprint density at radius 2 is 0.920 bits per heavy atom. The second-order valence-electron chi connectivity index (χ2n) is 12.5. The Balaban J connectivity index is 1.17. The summed E-state index contributed by atoms with van der Waals surface area (Å²) in [6, 6.07) is 60.2. The molecule has 1 aromatic heterocycles. The van der Waals surface area contributed by atoms with Gasteiger partial charge in [-0.2, -0.15) is 0 Å². The summed E-state index contributed by atoms with van der Waals surface area (Å²) in [5.74, 6) is -0.707. The van der Waals surface area contributed by atoms with Crippen LogP contribution < -0.4 is 4.90 Å². The molecule has 0 atom stereocenters. The molecule has 2 nitrogen and oxygen atoms in total. The quantitative estimate of drug-likeness (QED) is 0.174. The van der Waals surface area contributed by atoms with Gasteiger partial charge >= 0.3 is 0 Å². The van der Waals surface area contributed by atoms with Crippen molar-refractivity contribution in [2.45, 2.75) is 0 Å². The largest absolute Gasteiger partial charge is 0.310 e. The minimum atomic E-state index is -0.354. The Kier molecular flexibility index (Phi) is 7.21. The zero-order valence-electron chi connectivity index (χ0n) is 27.0. The van der Waals surface area contributed by atoms with E-state index in [-0.39, 0.29) is 11.6 Å². The molecule has 0 fully saturated rings. The molecule has 0 aliphatic carbocycles. The lowest BCUT2D eigenvalue weighted by Gasteiger charge is -2.26. The van der Waals surface area contributed by atoms with Crippen LogP contribution in [0, 0.1) is 11.6 Å². The van der Waals surface area contributed by atoms with Crippen LogP contribution >= 0.6 is 0 Å². The first-order chi connectivity index (χ1) is 24.6. The molecule has 0 spiro atoms. The van der Waals surface area contributed by atoms with Gasteiger partial charge in [0.05, 0.1) is 11.0 Å². The van der Waals surface area contributed by atoms with E-state index in [0.29, 0.717) is 10.8 Å². The van der Waals surface area contributed by atoms with Crippen molar-refractivity contribution in [1.82, 2.24) is 4.57 Å². The number of para-hydroxylation sites is 1. The van der Waals surface area contributed by atoms with E-state index >= 15 is 0 Å². The van der Waals surface area contributed by atoms with Gasteiger partial charge in [0.25, 0.3) is 0 Å². The van der Waals surface area contributed by atoms with Gasteiger partial charge in [-0.3, -0.25) is 0 Å². The third-order valence-corrected chi connectivity index (χ3v) is 9.48. The maximum Gasteiger partial charge on any atom is 0.123 e. The molecule has 0 amide bonds. The third-order valence-electron chi connectivity index (χ3n) is 9.48. The van der Waals surface area contributed by atoms with Crippen molar-refractivity contribution >= 4 is 49.6 Å². The first kappa shape index (κ1) is 29.6. The monoisotopic (exact) mass is 648 g/mol. The van der Waals surface area contributed by atoms with E-state index in [9.17, 15) is 8.78 Å². The number of anilines is 3.